The van der Waals surface area contributed by atoms with E-state index in [0.717, 1.165) is 26.8 Å². The van der Waals surface area contributed by atoms with Crippen molar-refractivity contribution in [3.05, 3.63) is 64.6 Å². The van der Waals surface area contributed by atoms with Gasteiger partial charge in [0.15, 0.2) is 4.96 Å². The number of hydrogen-bond donors (Lipinski definition) is 1. The smallest absolute Gasteiger partial charge is 0.273 e. The lowest BCUT2D eigenvalue weighted by Gasteiger charge is -2.07. The lowest BCUT2D eigenvalue weighted by Crippen LogP contribution is -2.14. The summed E-state index contributed by atoms with van der Waals surface area (Å²) in [5.74, 6) is -0.124. The lowest BCUT2D eigenvalue weighted by molar-refractivity contribution is 0.102. The molecule has 0 saturated carbocycles. The van der Waals surface area contributed by atoms with Crippen molar-refractivity contribution in [3.8, 4) is 10.6 Å². The maximum atomic E-state index is 12.6. The fourth-order valence-electron chi connectivity index (χ4n) is 2.39. The number of benzene rings is 1. The number of carbonyl (C=O) groups is 1. The number of anilines is 1. The molecule has 0 aliphatic rings. The third-order valence-corrected chi connectivity index (χ3v) is 5.34. The van der Waals surface area contributed by atoms with Crippen molar-refractivity contribution in [2.45, 2.75) is 6.92 Å². The van der Waals surface area contributed by atoms with Crippen LogP contribution in [0.1, 0.15) is 16.1 Å². The molecule has 0 atom stereocenters. The number of thiophene rings is 1. The number of imidazole rings is 1. The van der Waals surface area contributed by atoms with Gasteiger partial charge in [-0.05, 0) is 30.0 Å². The minimum atomic E-state index is -0.124. The Morgan fingerprint density at radius 1 is 1.17 bits per heavy atom. The van der Waals surface area contributed by atoms with Gasteiger partial charge in [0.25, 0.3) is 5.91 Å². The van der Waals surface area contributed by atoms with Gasteiger partial charge in [0.05, 0.1) is 4.88 Å². The summed E-state index contributed by atoms with van der Waals surface area (Å²) in [6.45, 7) is 1.98. The number of nitrogens with zero attached hydrogens (tertiary/aromatic N) is 2. The second-order valence-corrected chi connectivity index (χ2v) is 6.93. The van der Waals surface area contributed by atoms with E-state index in [2.05, 4.69) is 10.3 Å². The van der Waals surface area contributed by atoms with E-state index in [9.17, 15) is 4.79 Å². The molecule has 4 rings (SSSR count). The fraction of sp³-hybridized carbons (Fsp3) is 0.0588. The number of rotatable bonds is 3. The molecule has 0 saturated heterocycles. The number of para-hydroxylation sites is 1. The van der Waals surface area contributed by atoms with Crippen molar-refractivity contribution in [2.24, 2.45) is 0 Å². The van der Waals surface area contributed by atoms with Gasteiger partial charge in [0.1, 0.15) is 11.4 Å². The highest BCUT2D eigenvalue weighted by atomic mass is 32.1. The number of nitrogens with one attached hydrogen (secondary N) is 1. The zero-order valence-electron chi connectivity index (χ0n) is 12.3. The Hall–Kier alpha value is -2.44. The van der Waals surface area contributed by atoms with Gasteiger partial charge in [0.2, 0.25) is 0 Å². The molecule has 0 spiro atoms. The van der Waals surface area contributed by atoms with Crippen molar-refractivity contribution in [2.75, 3.05) is 5.32 Å². The molecule has 1 N–H and O–H groups in total. The predicted octanol–water partition coefficient (Wildman–Crippen LogP) is 4.69. The molecule has 23 heavy (non-hydrogen) atoms. The van der Waals surface area contributed by atoms with Crippen LogP contribution in [-0.2, 0) is 0 Å². The minimum Gasteiger partial charge on any atom is -0.320 e. The SMILES string of the molecule is Cc1ccccc1NC(=O)c1csc2nc(-c3cccs3)cn12. The molecule has 1 aromatic carbocycles. The second kappa shape index (κ2) is 5.64. The third kappa shape index (κ3) is 2.56. The van der Waals surface area contributed by atoms with Gasteiger partial charge < -0.3 is 5.32 Å². The number of thiazole rings is 1. The van der Waals surface area contributed by atoms with E-state index in [1.165, 1.54) is 11.3 Å². The second-order valence-electron chi connectivity index (χ2n) is 5.15. The van der Waals surface area contributed by atoms with E-state index in [4.69, 9.17) is 0 Å². The molecule has 0 aliphatic carbocycles. The van der Waals surface area contributed by atoms with Gasteiger partial charge >= 0.3 is 0 Å². The zero-order chi connectivity index (χ0) is 15.8. The Kier molecular flexibility index (Phi) is 3.48. The van der Waals surface area contributed by atoms with E-state index >= 15 is 0 Å². The van der Waals surface area contributed by atoms with E-state index in [1.807, 2.05) is 64.7 Å². The Labute approximate surface area is 141 Å². The van der Waals surface area contributed by atoms with Crippen LogP contribution in [-0.4, -0.2) is 15.3 Å². The lowest BCUT2D eigenvalue weighted by atomic mass is 10.2. The van der Waals surface area contributed by atoms with Gasteiger partial charge in [-0.3, -0.25) is 9.20 Å². The predicted molar refractivity (Wildman–Crippen MR) is 95.5 cm³/mol. The average Bonchev–Trinajstić information content (AvgIpc) is 3.25. The first-order chi connectivity index (χ1) is 11.2. The van der Waals surface area contributed by atoms with E-state index in [0.29, 0.717) is 5.69 Å². The number of amides is 1. The van der Waals surface area contributed by atoms with Crippen LogP contribution in [0.3, 0.4) is 0 Å². The Morgan fingerprint density at radius 2 is 2.04 bits per heavy atom. The van der Waals surface area contributed by atoms with Crippen LogP contribution in [0, 0.1) is 6.92 Å². The third-order valence-electron chi connectivity index (χ3n) is 3.61. The first kappa shape index (κ1) is 14.2. The average molecular weight is 339 g/mol. The van der Waals surface area contributed by atoms with Crippen molar-refractivity contribution in [1.29, 1.82) is 0 Å². The zero-order valence-corrected chi connectivity index (χ0v) is 13.9. The molecule has 0 unspecified atom stereocenters. The maximum Gasteiger partial charge on any atom is 0.273 e. The summed E-state index contributed by atoms with van der Waals surface area (Å²) >= 11 is 3.11. The molecular formula is C17H13N3OS2. The quantitative estimate of drug-likeness (QED) is 0.589. The van der Waals surface area contributed by atoms with E-state index in [1.54, 1.807) is 11.3 Å². The van der Waals surface area contributed by atoms with Crippen LogP contribution in [0.2, 0.25) is 0 Å². The van der Waals surface area contributed by atoms with Crippen molar-refractivity contribution < 1.29 is 4.79 Å². The molecule has 6 heteroatoms. The van der Waals surface area contributed by atoms with Crippen LogP contribution in [0.25, 0.3) is 15.5 Å². The summed E-state index contributed by atoms with van der Waals surface area (Å²) < 4.78 is 1.85. The number of aryl methyl sites for hydroxylation is 1. The molecule has 0 bridgehead atoms. The normalized spacial score (nSPS) is 11.0. The summed E-state index contributed by atoms with van der Waals surface area (Å²) in [5, 5.41) is 6.83. The van der Waals surface area contributed by atoms with Gasteiger partial charge in [-0.15, -0.1) is 22.7 Å². The monoisotopic (exact) mass is 339 g/mol. The number of aromatic nitrogens is 2. The molecular weight excluding hydrogens is 326 g/mol. The van der Waals surface area contributed by atoms with E-state index in [-0.39, 0.29) is 5.91 Å². The summed E-state index contributed by atoms with van der Waals surface area (Å²) in [7, 11) is 0. The molecule has 1 amide bonds. The van der Waals surface area contributed by atoms with Crippen LogP contribution < -0.4 is 5.32 Å². The molecule has 3 aromatic heterocycles. The number of fused-ring (bicyclic) bond motifs is 1. The highest BCUT2D eigenvalue weighted by molar-refractivity contribution is 7.15. The van der Waals surface area contributed by atoms with Crippen molar-refractivity contribution >= 4 is 39.2 Å². The van der Waals surface area contributed by atoms with Crippen LogP contribution in [0.4, 0.5) is 5.69 Å². The van der Waals surface area contributed by atoms with Gasteiger partial charge in [-0.2, -0.15) is 0 Å². The summed E-state index contributed by atoms with van der Waals surface area (Å²) in [6, 6.07) is 11.8. The van der Waals surface area contributed by atoms with Crippen LogP contribution in [0.5, 0.6) is 0 Å². The first-order valence-corrected chi connectivity index (χ1v) is 8.86. The molecule has 0 aliphatic heterocycles. The van der Waals surface area contributed by atoms with E-state index < -0.39 is 0 Å². The van der Waals surface area contributed by atoms with Crippen molar-refractivity contribution in [3.63, 3.8) is 0 Å². The summed E-state index contributed by atoms with van der Waals surface area (Å²) in [6.07, 6.45) is 1.92. The highest BCUT2D eigenvalue weighted by Crippen LogP contribution is 2.27. The summed E-state index contributed by atoms with van der Waals surface area (Å²) in [5.41, 5.74) is 3.37. The topological polar surface area (TPSA) is 46.4 Å². The highest BCUT2D eigenvalue weighted by Gasteiger charge is 2.16. The Balaban J connectivity index is 1.69. The molecule has 0 radical (unpaired) electrons. The molecule has 4 nitrogen and oxygen atoms in total. The van der Waals surface area contributed by atoms with Crippen LogP contribution >= 0.6 is 22.7 Å². The van der Waals surface area contributed by atoms with Crippen molar-refractivity contribution in [1.82, 2.24) is 9.38 Å². The van der Waals surface area contributed by atoms with Crippen LogP contribution in [0.15, 0.2) is 53.4 Å². The molecule has 114 valence electrons. The first-order valence-electron chi connectivity index (χ1n) is 7.10. The number of carbonyl (C=O) groups excluding carboxylic acids is 1. The molecule has 3 heterocycles. The Bertz CT molecular complexity index is 983. The maximum absolute atomic E-state index is 12.6. The van der Waals surface area contributed by atoms with Gasteiger partial charge in [0, 0.05) is 17.3 Å². The van der Waals surface area contributed by atoms with Gasteiger partial charge in [-0.1, -0.05) is 24.3 Å². The Morgan fingerprint density at radius 3 is 2.83 bits per heavy atom. The molecule has 4 aromatic rings. The molecule has 0 fully saturated rings. The minimum absolute atomic E-state index is 0.124. The number of hydrogen-bond acceptors (Lipinski definition) is 4. The van der Waals surface area contributed by atoms with Gasteiger partial charge in [-0.25, -0.2) is 4.98 Å². The standard InChI is InChI=1S/C17H13N3OS2/c1-11-5-2-3-6-12(11)18-16(21)14-10-23-17-19-13(9-20(14)17)15-7-4-8-22-15/h2-10H,1H3,(H,18,21). The largest absolute Gasteiger partial charge is 0.320 e. The fourth-order valence-corrected chi connectivity index (χ4v) is 3.92. The summed E-state index contributed by atoms with van der Waals surface area (Å²) in [4.78, 5) is 19.1.